The minimum atomic E-state index is -0.788. The van der Waals surface area contributed by atoms with Crippen molar-refractivity contribution in [3.8, 4) is 5.75 Å². The Hall–Kier alpha value is -3.77. The molecule has 0 saturated carbocycles. The van der Waals surface area contributed by atoms with E-state index in [4.69, 9.17) is 16.3 Å². The smallest absolute Gasteiger partial charge is 0.300 e. The van der Waals surface area contributed by atoms with Crippen LogP contribution in [0.15, 0.2) is 72.3 Å². The normalized spacial score (nSPS) is 19.1. The third kappa shape index (κ3) is 4.69. The first kappa shape index (κ1) is 24.9. The minimum absolute atomic E-state index is 0.0315. The van der Waals surface area contributed by atoms with Crippen LogP contribution in [0.3, 0.4) is 0 Å². The molecular formula is C30H29ClN2O4. The van der Waals surface area contributed by atoms with Crippen LogP contribution in [0.2, 0.25) is 5.02 Å². The van der Waals surface area contributed by atoms with E-state index in [9.17, 15) is 14.7 Å². The molecule has 190 valence electrons. The number of rotatable bonds is 6. The monoisotopic (exact) mass is 516 g/mol. The molecule has 2 heterocycles. The van der Waals surface area contributed by atoms with Gasteiger partial charge in [0.2, 0.25) is 0 Å². The van der Waals surface area contributed by atoms with Gasteiger partial charge in [0.25, 0.3) is 11.7 Å². The quantitative estimate of drug-likeness (QED) is 0.237. The molecule has 2 aliphatic rings. The van der Waals surface area contributed by atoms with Crippen LogP contribution in [-0.4, -0.2) is 36.5 Å². The number of ether oxygens (including phenoxy) is 1. The molecule has 1 atom stereocenters. The van der Waals surface area contributed by atoms with E-state index in [1.165, 1.54) is 17.7 Å². The second-order valence-electron chi connectivity index (χ2n) is 9.37. The van der Waals surface area contributed by atoms with Crippen LogP contribution in [-0.2, 0) is 9.59 Å². The first-order valence-electron chi connectivity index (χ1n) is 12.5. The van der Waals surface area contributed by atoms with E-state index in [0.717, 1.165) is 29.9 Å². The SMILES string of the molecule is CCOc1cc(/C(O)=C2/C(=O)C(=O)N(c3ccc(N4CCCC4)cc3)C2c2cccc(C)c2)ccc1Cl. The maximum absolute atomic E-state index is 13.5. The van der Waals surface area contributed by atoms with Gasteiger partial charge in [-0.2, -0.15) is 0 Å². The minimum Gasteiger partial charge on any atom is -0.507 e. The van der Waals surface area contributed by atoms with Crippen molar-refractivity contribution in [2.24, 2.45) is 0 Å². The van der Waals surface area contributed by atoms with Gasteiger partial charge in [0, 0.05) is 30.0 Å². The van der Waals surface area contributed by atoms with Crippen molar-refractivity contribution >= 4 is 40.4 Å². The number of nitrogens with zero attached hydrogens (tertiary/aromatic N) is 2. The highest BCUT2D eigenvalue weighted by molar-refractivity contribution is 6.51. The number of hydrogen-bond acceptors (Lipinski definition) is 5. The van der Waals surface area contributed by atoms with Gasteiger partial charge in [0.15, 0.2) is 0 Å². The number of aliphatic hydroxyl groups is 1. The molecule has 0 radical (unpaired) electrons. The van der Waals surface area contributed by atoms with Gasteiger partial charge in [-0.1, -0.05) is 41.4 Å². The third-order valence-electron chi connectivity index (χ3n) is 6.91. The van der Waals surface area contributed by atoms with Crippen LogP contribution in [0.1, 0.15) is 42.5 Å². The Labute approximate surface area is 221 Å². The summed E-state index contributed by atoms with van der Waals surface area (Å²) in [5, 5.41) is 11.8. The molecule has 2 aliphatic heterocycles. The molecule has 2 fully saturated rings. The molecule has 0 bridgehead atoms. The predicted molar refractivity (Wildman–Crippen MR) is 146 cm³/mol. The number of benzene rings is 3. The van der Waals surface area contributed by atoms with Crippen LogP contribution in [0.4, 0.5) is 11.4 Å². The maximum Gasteiger partial charge on any atom is 0.300 e. The lowest BCUT2D eigenvalue weighted by atomic mass is 9.94. The van der Waals surface area contributed by atoms with Gasteiger partial charge in [-0.3, -0.25) is 14.5 Å². The first-order valence-corrected chi connectivity index (χ1v) is 12.9. The summed E-state index contributed by atoms with van der Waals surface area (Å²) < 4.78 is 5.58. The lowest BCUT2D eigenvalue weighted by molar-refractivity contribution is -0.132. The highest BCUT2D eigenvalue weighted by Crippen LogP contribution is 2.43. The molecule has 1 unspecified atom stereocenters. The number of Topliss-reactive ketones (excluding diaryl/α,β-unsaturated/α-hetero) is 1. The second-order valence-corrected chi connectivity index (χ2v) is 9.78. The number of ketones is 1. The van der Waals surface area contributed by atoms with Gasteiger partial charge in [-0.05, 0) is 74.7 Å². The summed E-state index contributed by atoms with van der Waals surface area (Å²) in [7, 11) is 0. The molecule has 0 aromatic heterocycles. The molecule has 7 heteroatoms. The first-order chi connectivity index (χ1) is 17.9. The van der Waals surface area contributed by atoms with Crippen molar-refractivity contribution in [1.82, 2.24) is 0 Å². The Morgan fingerprint density at radius 2 is 1.70 bits per heavy atom. The average molecular weight is 517 g/mol. The zero-order chi connectivity index (χ0) is 26.1. The molecule has 37 heavy (non-hydrogen) atoms. The van der Waals surface area contributed by atoms with E-state index in [1.807, 2.05) is 62.4 Å². The summed E-state index contributed by atoms with van der Waals surface area (Å²) in [4.78, 5) is 30.7. The molecule has 3 aromatic rings. The summed E-state index contributed by atoms with van der Waals surface area (Å²) in [6, 6.07) is 19.4. The Kier molecular flexibility index (Phi) is 6.94. The number of halogens is 1. The molecule has 1 amide bonds. The van der Waals surface area contributed by atoms with Gasteiger partial charge in [0.1, 0.15) is 11.5 Å². The van der Waals surface area contributed by atoms with E-state index in [0.29, 0.717) is 28.6 Å². The molecular weight excluding hydrogens is 488 g/mol. The van der Waals surface area contributed by atoms with Crippen molar-refractivity contribution in [2.45, 2.75) is 32.7 Å². The van der Waals surface area contributed by atoms with Crippen LogP contribution in [0.25, 0.3) is 5.76 Å². The van der Waals surface area contributed by atoms with E-state index in [1.54, 1.807) is 18.2 Å². The fraction of sp³-hybridized carbons (Fsp3) is 0.267. The van der Waals surface area contributed by atoms with E-state index < -0.39 is 17.7 Å². The fourth-order valence-corrected chi connectivity index (χ4v) is 5.30. The van der Waals surface area contributed by atoms with E-state index in [-0.39, 0.29) is 11.3 Å². The average Bonchev–Trinajstić information content (AvgIpc) is 3.52. The molecule has 3 aromatic carbocycles. The number of hydrogen-bond donors (Lipinski definition) is 1. The Morgan fingerprint density at radius 1 is 1.00 bits per heavy atom. The number of aryl methyl sites for hydroxylation is 1. The van der Waals surface area contributed by atoms with Gasteiger partial charge >= 0.3 is 0 Å². The van der Waals surface area contributed by atoms with Gasteiger partial charge in [0.05, 0.1) is 23.2 Å². The molecule has 5 rings (SSSR count). The summed E-state index contributed by atoms with van der Waals surface area (Å²) >= 11 is 6.24. The Balaban J connectivity index is 1.63. The number of carbonyl (C=O) groups excluding carboxylic acids is 2. The van der Waals surface area contributed by atoms with Crippen LogP contribution in [0.5, 0.6) is 5.75 Å². The summed E-state index contributed by atoms with van der Waals surface area (Å²) in [5.74, 6) is -1.28. The van der Waals surface area contributed by atoms with E-state index in [2.05, 4.69) is 4.90 Å². The molecule has 1 N–H and O–H groups in total. The number of aliphatic hydroxyl groups excluding tert-OH is 1. The Bertz CT molecular complexity index is 1380. The summed E-state index contributed by atoms with van der Waals surface area (Å²) in [5.41, 5.74) is 3.80. The molecule has 2 saturated heterocycles. The third-order valence-corrected chi connectivity index (χ3v) is 7.22. The summed E-state index contributed by atoms with van der Waals surface area (Å²) in [6.45, 7) is 6.20. The molecule has 0 aliphatic carbocycles. The van der Waals surface area contributed by atoms with Gasteiger partial charge < -0.3 is 14.7 Å². The number of carbonyl (C=O) groups is 2. The van der Waals surface area contributed by atoms with Crippen LogP contribution >= 0.6 is 11.6 Å². The Morgan fingerprint density at radius 3 is 2.38 bits per heavy atom. The van der Waals surface area contributed by atoms with Crippen molar-refractivity contribution in [1.29, 1.82) is 0 Å². The fourth-order valence-electron chi connectivity index (χ4n) is 5.13. The topological polar surface area (TPSA) is 70.1 Å². The van der Waals surface area contributed by atoms with Crippen LogP contribution < -0.4 is 14.5 Å². The van der Waals surface area contributed by atoms with Crippen molar-refractivity contribution in [2.75, 3.05) is 29.5 Å². The molecule has 6 nitrogen and oxygen atoms in total. The predicted octanol–water partition coefficient (Wildman–Crippen LogP) is 6.27. The highest BCUT2D eigenvalue weighted by atomic mass is 35.5. The number of anilines is 2. The second kappa shape index (κ2) is 10.3. The summed E-state index contributed by atoms with van der Waals surface area (Å²) in [6.07, 6.45) is 2.33. The van der Waals surface area contributed by atoms with E-state index >= 15 is 0 Å². The zero-order valence-corrected chi connectivity index (χ0v) is 21.7. The standard InChI is InChI=1S/C30H29ClN2O4/c1-3-37-25-18-21(9-14-24(25)31)28(34)26-27(20-8-6-7-19(2)17-20)33(30(36)29(26)35)23-12-10-22(11-13-23)32-15-4-5-16-32/h6-14,17-18,27,34H,3-5,15-16H2,1-2H3/b28-26-. The van der Waals surface area contributed by atoms with Crippen molar-refractivity contribution < 1.29 is 19.4 Å². The van der Waals surface area contributed by atoms with Crippen LogP contribution in [0, 0.1) is 6.92 Å². The zero-order valence-electron chi connectivity index (χ0n) is 20.9. The highest BCUT2D eigenvalue weighted by Gasteiger charge is 2.47. The van der Waals surface area contributed by atoms with Crippen molar-refractivity contribution in [3.63, 3.8) is 0 Å². The largest absolute Gasteiger partial charge is 0.507 e. The van der Waals surface area contributed by atoms with Gasteiger partial charge in [-0.15, -0.1) is 0 Å². The maximum atomic E-state index is 13.5. The van der Waals surface area contributed by atoms with Crippen molar-refractivity contribution in [3.05, 3.63) is 94.0 Å². The lowest BCUT2D eigenvalue weighted by Crippen LogP contribution is -2.29. The number of amides is 1. The van der Waals surface area contributed by atoms with Gasteiger partial charge in [-0.25, -0.2) is 0 Å². The lowest BCUT2D eigenvalue weighted by Gasteiger charge is -2.26. The molecule has 0 spiro atoms.